The Morgan fingerprint density at radius 1 is 0.931 bits per heavy atom. The number of hydrogen-bond donors (Lipinski definition) is 1. The molecular weight excluding hydrogens is 372 g/mol. The number of aromatic nitrogens is 5. The topological polar surface area (TPSA) is 104 Å². The normalized spacial score (nSPS) is 10.4. The molecule has 9 nitrogen and oxygen atoms in total. The van der Waals surface area contributed by atoms with Crippen molar-refractivity contribution in [3.05, 3.63) is 79.0 Å². The minimum absolute atomic E-state index is 0.251. The van der Waals surface area contributed by atoms with Crippen molar-refractivity contribution in [1.82, 2.24) is 25.0 Å². The Labute approximate surface area is 166 Å². The molecule has 9 heteroatoms. The summed E-state index contributed by atoms with van der Waals surface area (Å²) in [7, 11) is 1.59. The van der Waals surface area contributed by atoms with Crippen LogP contribution in [-0.4, -0.2) is 38.0 Å². The molecule has 0 radical (unpaired) electrons. The van der Waals surface area contributed by atoms with E-state index in [4.69, 9.17) is 9.47 Å². The Morgan fingerprint density at radius 2 is 1.76 bits per heavy atom. The Hall–Kier alpha value is -4.27. The van der Waals surface area contributed by atoms with Gasteiger partial charge in [0.1, 0.15) is 22.9 Å². The van der Waals surface area contributed by atoms with Gasteiger partial charge in [-0.2, -0.15) is 10.2 Å². The molecule has 1 amide bonds. The number of anilines is 1. The molecule has 1 aromatic carbocycles. The molecular formula is C20H16N6O3. The Bertz CT molecular complexity index is 1100. The summed E-state index contributed by atoms with van der Waals surface area (Å²) in [4.78, 5) is 22.1. The molecule has 0 saturated heterocycles. The maximum absolute atomic E-state index is 12.4. The van der Waals surface area contributed by atoms with Crippen LogP contribution in [-0.2, 0) is 0 Å². The number of carbonyl (C=O) groups excluding carboxylic acids is 1. The maximum atomic E-state index is 12.4. The lowest BCUT2D eigenvalue weighted by Crippen LogP contribution is -2.14. The summed E-state index contributed by atoms with van der Waals surface area (Å²) in [5, 5.41) is 10.7. The molecule has 4 rings (SSSR count). The van der Waals surface area contributed by atoms with E-state index in [0.29, 0.717) is 28.8 Å². The van der Waals surface area contributed by atoms with E-state index in [2.05, 4.69) is 25.5 Å². The third-order valence-electron chi connectivity index (χ3n) is 3.88. The minimum atomic E-state index is -0.357. The van der Waals surface area contributed by atoms with Crippen molar-refractivity contribution in [3.8, 4) is 23.1 Å². The van der Waals surface area contributed by atoms with Gasteiger partial charge in [0.15, 0.2) is 5.82 Å². The number of nitrogens with one attached hydrogen (secondary N) is 1. The number of pyridine rings is 2. The molecule has 3 aromatic heterocycles. The van der Waals surface area contributed by atoms with Crippen LogP contribution in [0.4, 0.5) is 5.69 Å². The average Bonchev–Trinajstić information content (AvgIpc) is 3.30. The van der Waals surface area contributed by atoms with E-state index in [9.17, 15) is 4.79 Å². The second kappa shape index (κ2) is 8.17. The first kappa shape index (κ1) is 18.1. The van der Waals surface area contributed by atoms with E-state index in [-0.39, 0.29) is 11.6 Å². The summed E-state index contributed by atoms with van der Waals surface area (Å²) in [5.74, 6) is 2.00. The Morgan fingerprint density at radius 3 is 2.45 bits per heavy atom. The predicted molar refractivity (Wildman–Crippen MR) is 104 cm³/mol. The highest BCUT2D eigenvalue weighted by atomic mass is 16.5. The quantitative estimate of drug-likeness (QED) is 0.541. The molecule has 0 aliphatic heterocycles. The first-order chi connectivity index (χ1) is 14.2. The minimum Gasteiger partial charge on any atom is -0.497 e. The van der Waals surface area contributed by atoms with Crippen LogP contribution in [0.25, 0.3) is 5.82 Å². The van der Waals surface area contributed by atoms with Crippen LogP contribution in [0, 0.1) is 0 Å². The van der Waals surface area contributed by atoms with Crippen LogP contribution in [0.1, 0.15) is 10.5 Å². The summed E-state index contributed by atoms with van der Waals surface area (Å²) < 4.78 is 10.9. The lowest BCUT2D eigenvalue weighted by Gasteiger charge is -2.08. The van der Waals surface area contributed by atoms with Gasteiger partial charge < -0.3 is 14.8 Å². The Balaban J connectivity index is 1.40. The van der Waals surface area contributed by atoms with Crippen molar-refractivity contribution in [2.24, 2.45) is 0 Å². The van der Waals surface area contributed by atoms with Crippen LogP contribution < -0.4 is 14.8 Å². The van der Waals surface area contributed by atoms with Gasteiger partial charge in [-0.05, 0) is 36.4 Å². The smallest absolute Gasteiger partial charge is 0.274 e. The van der Waals surface area contributed by atoms with Gasteiger partial charge in [0, 0.05) is 6.07 Å². The fourth-order valence-electron chi connectivity index (χ4n) is 2.48. The molecule has 0 spiro atoms. The molecule has 0 fully saturated rings. The van der Waals surface area contributed by atoms with Gasteiger partial charge >= 0.3 is 0 Å². The van der Waals surface area contributed by atoms with Crippen LogP contribution >= 0.6 is 0 Å². The summed E-state index contributed by atoms with van der Waals surface area (Å²) in [6.45, 7) is 0. The van der Waals surface area contributed by atoms with Gasteiger partial charge in [0.25, 0.3) is 5.91 Å². The number of methoxy groups -OCH3 is 1. The second-order valence-electron chi connectivity index (χ2n) is 5.84. The van der Waals surface area contributed by atoms with Crippen molar-refractivity contribution < 1.29 is 14.3 Å². The third kappa shape index (κ3) is 4.35. The SMILES string of the molecule is COc1cccc(Oc2ccc(C(=O)Nc3ccc(-n4nccn4)nc3)nc2)c1. The number of nitrogens with zero attached hydrogens (tertiary/aromatic N) is 5. The lowest BCUT2D eigenvalue weighted by molar-refractivity contribution is 0.102. The van der Waals surface area contributed by atoms with Gasteiger partial charge in [-0.25, -0.2) is 9.97 Å². The second-order valence-corrected chi connectivity index (χ2v) is 5.84. The first-order valence-corrected chi connectivity index (χ1v) is 8.63. The van der Waals surface area contributed by atoms with Crippen molar-refractivity contribution in [2.45, 2.75) is 0 Å². The van der Waals surface area contributed by atoms with E-state index in [0.717, 1.165) is 0 Å². The van der Waals surface area contributed by atoms with E-state index >= 15 is 0 Å². The van der Waals surface area contributed by atoms with E-state index in [1.54, 1.807) is 55.9 Å². The summed E-state index contributed by atoms with van der Waals surface area (Å²) in [6, 6.07) is 13.9. The zero-order chi connectivity index (χ0) is 20.1. The number of rotatable bonds is 6. The number of ether oxygens (including phenoxy) is 2. The fourth-order valence-corrected chi connectivity index (χ4v) is 2.48. The summed E-state index contributed by atoms with van der Waals surface area (Å²) >= 11 is 0. The third-order valence-corrected chi connectivity index (χ3v) is 3.88. The molecule has 0 bridgehead atoms. The van der Waals surface area contributed by atoms with E-state index in [1.807, 2.05) is 12.1 Å². The van der Waals surface area contributed by atoms with Gasteiger partial charge in [0.05, 0.1) is 37.6 Å². The number of carbonyl (C=O) groups is 1. The largest absolute Gasteiger partial charge is 0.497 e. The van der Waals surface area contributed by atoms with Crippen LogP contribution in [0.15, 0.2) is 73.3 Å². The molecule has 3 heterocycles. The highest BCUT2D eigenvalue weighted by Gasteiger charge is 2.09. The number of hydrogen-bond acceptors (Lipinski definition) is 7. The van der Waals surface area contributed by atoms with Crippen LogP contribution in [0.5, 0.6) is 17.2 Å². The van der Waals surface area contributed by atoms with Gasteiger partial charge in [0.2, 0.25) is 0 Å². The van der Waals surface area contributed by atoms with Crippen molar-refractivity contribution >= 4 is 11.6 Å². The fraction of sp³-hybridized carbons (Fsp3) is 0.0500. The lowest BCUT2D eigenvalue weighted by atomic mass is 10.3. The molecule has 4 aromatic rings. The molecule has 1 N–H and O–H groups in total. The van der Waals surface area contributed by atoms with Crippen LogP contribution in [0.2, 0.25) is 0 Å². The highest BCUT2D eigenvalue weighted by molar-refractivity contribution is 6.02. The zero-order valence-corrected chi connectivity index (χ0v) is 15.4. The van der Waals surface area contributed by atoms with Crippen LogP contribution in [0.3, 0.4) is 0 Å². The van der Waals surface area contributed by atoms with Crippen molar-refractivity contribution in [3.63, 3.8) is 0 Å². The average molecular weight is 388 g/mol. The monoisotopic (exact) mass is 388 g/mol. The van der Waals surface area contributed by atoms with E-state index in [1.165, 1.54) is 17.2 Å². The number of amides is 1. The molecule has 144 valence electrons. The summed E-state index contributed by atoms with van der Waals surface area (Å²) in [6.07, 6.45) is 6.13. The highest BCUT2D eigenvalue weighted by Crippen LogP contribution is 2.24. The van der Waals surface area contributed by atoms with Crippen molar-refractivity contribution in [1.29, 1.82) is 0 Å². The molecule has 0 atom stereocenters. The van der Waals surface area contributed by atoms with Gasteiger partial charge in [-0.1, -0.05) is 6.07 Å². The first-order valence-electron chi connectivity index (χ1n) is 8.63. The molecule has 0 aliphatic carbocycles. The van der Waals surface area contributed by atoms with Gasteiger partial charge in [-0.3, -0.25) is 4.79 Å². The molecule has 29 heavy (non-hydrogen) atoms. The predicted octanol–water partition coefficient (Wildman–Crippen LogP) is 3.11. The summed E-state index contributed by atoms with van der Waals surface area (Å²) in [5.41, 5.74) is 0.783. The van der Waals surface area contributed by atoms with E-state index < -0.39 is 0 Å². The van der Waals surface area contributed by atoms with Crippen molar-refractivity contribution in [2.75, 3.05) is 12.4 Å². The molecule has 0 saturated carbocycles. The number of benzene rings is 1. The maximum Gasteiger partial charge on any atom is 0.274 e. The Kier molecular flexibility index (Phi) is 5.10. The standard InChI is InChI=1S/C20H16N6O3/c1-28-15-3-2-4-16(11-15)29-17-6-7-18(21-13-17)20(27)25-14-5-8-19(22-12-14)26-23-9-10-24-26/h2-13H,1H3,(H,25,27). The van der Waals surface area contributed by atoms with Gasteiger partial charge in [-0.15, -0.1) is 4.80 Å². The molecule has 0 unspecified atom stereocenters. The molecule has 0 aliphatic rings. The zero-order valence-electron chi connectivity index (χ0n) is 15.4.